The summed E-state index contributed by atoms with van der Waals surface area (Å²) in [6, 6.07) is 5.43. The van der Waals surface area contributed by atoms with E-state index in [9.17, 15) is 5.11 Å². The molecule has 0 aliphatic heterocycles. The summed E-state index contributed by atoms with van der Waals surface area (Å²) in [4.78, 5) is 2.24. The molecular weight excluding hydrogens is 281 g/mol. The van der Waals surface area contributed by atoms with Crippen molar-refractivity contribution in [3.8, 4) is 0 Å². The van der Waals surface area contributed by atoms with E-state index in [0.717, 1.165) is 18.7 Å². The largest absolute Gasteiger partial charge is 0.391 e. The zero-order chi connectivity index (χ0) is 14.6. The van der Waals surface area contributed by atoms with Crippen molar-refractivity contribution >= 4 is 23.2 Å². The summed E-state index contributed by atoms with van der Waals surface area (Å²) < 4.78 is 0. The maximum absolute atomic E-state index is 10.6. The Balaban J connectivity index is 2.93. The van der Waals surface area contributed by atoms with Crippen molar-refractivity contribution in [2.75, 3.05) is 13.1 Å². The number of benzene rings is 1. The fourth-order valence-electron chi connectivity index (χ4n) is 2.42. The minimum absolute atomic E-state index is 0.313. The number of rotatable bonds is 6. The van der Waals surface area contributed by atoms with Crippen molar-refractivity contribution < 1.29 is 5.11 Å². The fraction of sp³-hybridized carbons (Fsp3) is 0.600. The van der Waals surface area contributed by atoms with E-state index in [0.29, 0.717) is 16.5 Å². The molecule has 19 heavy (non-hydrogen) atoms. The molecule has 0 heterocycles. The second-order valence-corrected chi connectivity index (χ2v) is 6.06. The van der Waals surface area contributed by atoms with Crippen LogP contribution in [0.4, 0.5) is 0 Å². The first-order valence-corrected chi connectivity index (χ1v) is 7.46. The molecule has 1 rings (SSSR count). The van der Waals surface area contributed by atoms with E-state index < -0.39 is 6.10 Å². The van der Waals surface area contributed by atoms with Gasteiger partial charge in [0.15, 0.2) is 0 Å². The highest BCUT2D eigenvalue weighted by Gasteiger charge is 2.33. The third kappa shape index (κ3) is 3.85. The Kier molecular flexibility index (Phi) is 6.13. The first kappa shape index (κ1) is 16.8. The summed E-state index contributed by atoms with van der Waals surface area (Å²) in [6.07, 6.45) is -0.0630. The molecular formula is C15H23Cl2NO. The monoisotopic (exact) mass is 303 g/mol. The second kappa shape index (κ2) is 6.94. The first-order chi connectivity index (χ1) is 8.84. The molecule has 1 atom stereocenters. The molecule has 1 N–H and O–H groups in total. The van der Waals surface area contributed by atoms with Crippen LogP contribution in [0.5, 0.6) is 0 Å². The molecule has 4 heteroatoms. The smallest absolute Gasteiger partial charge is 0.0759 e. The molecule has 0 fully saturated rings. The molecule has 0 bridgehead atoms. The lowest BCUT2D eigenvalue weighted by molar-refractivity contribution is -0.00413. The normalized spacial score (nSPS) is 13.9. The molecule has 0 aromatic heterocycles. The molecule has 0 aliphatic carbocycles. The van der Waals surface area contributed by atoms with E-state index in [4.69, 9.17) is 23.2 Å². The van der Waals surface area contributed by atoms with Crippen molar-refractivity contribution in [2.45, 2.75) is 45.8 Å². The molecule has 1 aromatic carbocycles. The number of halogens is 2. The van der Waals surface area contributed by atoms with E-state index in [1.165, 1.54) is 0 Å². The van der Waals surface area contributed by atoms with Crippen LogP contribution < -0.4 is 0 Å². The van der Waals surface area contributed by atoms with Gasteiger partial charge in [0.05, 0.1) is 6.10 Å². The van der Waals surface area contributed by atoms with Crippen LogP contribution in [-0.2, 0) is 6.42 Å². The number of hydrogen-bond acceptors (Lipinski definition) is 2. The van der Waals surface area contributed by atoms with E-state index in [-0.39, 0.29) is 5.54 Å². The lowest BCUT2D eigenvalue weighted by Crippen LogP contribution is -2.53. The minimum Gasteiger partial charge on any atom is -0.391 e. The van der Waals surface area contributed by atoms with Crippen molar-refractivity contribution in [1.82, 2.24) is 4.90 Å². The van der Waals surface area contributed by atoms with E-state index >= 15 is 0 Å². The summed E-state index contributed by atoms with van der Waals surface area (Å²) in [5, 5.41) is 11.8. The van der Waals surface area contributed by atoms with Gasteiger partial charge in [0.25, 0.3) is 0 Å². The average molecular weight is 304 g/mol. The Labute approximate surface area is 126 Å². The Morgan fingerprint density at radius 3 is 2.05 bits per heavy atom. The number of hydrogen-bond donors (Lipinski definition) is 1. The zero-order valence-corrected chi connectivity index (χ0v) is 13.6. The van der Waals surface area contributed by atoms with Crippen molar-refractivity contribution in [3.05, 3.63) is 33.8 Å². The van der Waals surface area contributed by atoms with Crippen LogP contribution in [0.3, 0.4) is 0 Å². The maximum atomic E-state index is 10.6. The Bertz CT molecular complexity index is 396. The van der Waals surface area contributed by atoms with E-state index in [1.54, 1.807) is 12.1 Å². The Hall–Kier alpha value is -0.280. The third-order valence-corrected chi connectivity index (χ3v) is 4.56. The lowest BCUT2D eigenvalue weighted by atomic mass is 9.90. The van der Waals surface area contributed by atoms with Gasteiger partial charge in [0.1, 0.15) is 0 Å². The highest BCUT2D eigenvalue weighted by molar-refractivity contribution is 6.36. The predicted molar refractivity (Wildman–Crippen MR) is 83.2 cm³/mol. The van der Waals surface area contributed by atoms with E-state index in [1.807, 2.05) is 6.07 Å². The SMILES string of the molecule is CCN(CC)C(C)(C)C(O)Cc1c(Cl)cccc1Cl. The van der Waals surface area contributed by atoms with Crippen molar-refractivity contribution in [1.29, 1.82) is 0 Å². The highest BCUT2D eigenvalue weighted by Crippen LogP contribution is 2.29. The lowest BCUT2D eigenvalue weighted by Gasteiger charge is -2.41. The summed E-state index contributed by atoms with van der Waals surface area (Å²) in [5.74, 6) is 0. The Morgan fingerprint density at radius 2 is 1.63 bits per heavy atom. The van der Waals surface area contributed by atoms with Gasteiger partial charge in [-0.1, -0.05) is 43.1 Å². The summed E-state index contributed by atoms with van der Waals surface area (Å²) in [7, 11) is 0. The quantitative estimate of drug-likeness (QED) is 0.858. The fourth-order valence-corrected chi connectivity index (χ4v) is 2.97. The Morgan fingerprint density at radius 1 is 1.16 bits per heavy atom. The first-order valence-electron chi connectivity index (χ1n) is 6.70. The standard InChI is InChI=1S/C15H23Cl2NO/c1-5-18(6-2)15(3,4)14(19)10-11-12(16)8-7-9-13(11)17/h7-9,14,19H,5-6,10H2,1-4H3. The van der Waals surface area contributed by atoms with Crippen molar-refractivity contribution in [3.63, 3.8) is 0 Å². The van der Waals surface area contributed by atoms with Gasteiger partial charge in [0, 0.05) is 22.0 Å². The van der Waals surface area contributed by atoms with Crippen LogP contribution in [0, 0.1) is 0 Å². The topological polar surface area (TPSA) is 23.5 Å². The van der Waals surface area contributed by atoms with Gasteiger partial charge in [0.2, 0.25) is 0 Å². The molecule has 1 unspecified atom stereocenters. The highest BCUT2D eigenvalue weighted by atomic mass is 35.5. The summed E-state index contributed by atoms with van der Waals surface area (Å²) in [6.45, 7) is 10.1. The van der Waals surface area contributed by atoms with Crippen LogP contribution in [0.25, 0.3) is 0 Å². The van der Waals surface area contributed by atoms with Gasteiger partial charge in [-0.25, -0.2) is 0 Å². The molecule has 0 saturated carbocycles. The minimum atomic E-state index is -0.523. The third-order valence-electron chi connectivity index (χ3n) is 3.85. The molecule has 0 aliphatic rings. The van der Waals surface area contributed by atoms with Gasteiger partial charge >= 0.3 is 0 Å². The number of aliphatic hydroxyl groups excluding tert-OH is 1. The van der Waals surface area contributed by atoms with Crippen LogP contribution >= 0.6 is 23.2 Å². The summed E-state index contributed by atoms with van der Waals surface area (Å²) >= 11 is 12.3. The zero-order valence-electron chi connectivity index (χ0n) is 12.1. The molecule has 1 aromatic rings. The second-order valence-electron chi connectivity index (χ2n) is 5.25. The summed E-state index contributed by atoms with van der Waals surface area (Å²) in [5.41, 5.74) is 0.505. The predicted octanol–water partition coefficient (Wildman–Crippen LogP) is 4.02. The molecule has 0 amide bonds. The van der Waals surface area contributed by atoms with Gasteiger partial charge in [-0.3, -0.25) is 4.90 Å². The molecule has 0 spiro atoms. The molecule has 108 valence electrons. The van der Waals surface area contributed by atoms with Crippen LogP contribution in [0.2, 0.25) is 10.0 Å². The number of nitrogens with zero attached hydrogens (tertiary/aromatic N) is 1. The average Bonchev–Trinajstić information content (AvgIpc) is 2.34. The van der Waals surface area contributed by atoms with Gasteiger partial charge < -0.3 is 5.11 Å². The molecule has 2 nitrogen and oxygen atoms in total. The van der Waals surface area contributed by atoms with Crippen LogP contribution in [-0.4, -0.2) is 34.7 Å². The molecule has 0 radical (unpaired) electrons. The number of aliphatic hydroxyl groups is 1. The van der Waals surface area contributed by atoms with E-state index in [2.05, 4.69) is 32.6 Å². The molecule has 0 saturated heterocycles. The van der Waals surface area contributed by atoms with Crippen molar-refractivity contribution in [2.24, 2.45) is 0 Å². The van der Waals surface area contributed by atoms with Crippen LogP contribution in [0.15, 0.2) is 18.2 Å². The van der Waals surface area contributed by atoms with Gasteiger partial charge in [-0.15, -0.1) is 0 Å². The number of likely N-dealkylation sites (N-methyl/N-ethyl adjacent to an activating group) is 1. The maximum Gasteiger partial charge on any atom is 0.0759 e. The van der Waals surface area contributed by atoms with Crippen LogP contribution in [0.1, 0.15) is 33.3 Å². The van der Waals surface area contributed by atoms with Gasteiger partial charge in [-0.05, 0) is 44.6 Å². The van der Waals surface area contributed by atoms with Gasteiger partial charge in [-0.2, -0.15) is 0 Å².